The molecule has 0 amide bonds. The second-order valence-electron chi connectivity index (χ2n) is 5.49. The first kappa shape index (κ1) is 15.5. The fourth-order valence-corrected chi connectivity index (χ4v) is 2.09. The topological polar surface area (TPSA) is 21.3 Å². The summed E-state index contributed by atoms with van der Waals surface area (Å²) in [6.07, 6.45) is -0.0986. The summed E-state index contributed by atoms with van der Waals surface area (Å²) < 4.78 is 19.4. The van der Waals surface area contributed by atoms with Gasteiger partial charge in [-0.15, -0.1) is 0 Å². The van der Waals surface area contributed by atoms with Crippen LogP contribution in [0.15, 0.2) is 48.5 Å². The molecule has 1 unspecified atom stereocenters. The lowest BCUT2D eigenvalue weighted by atomic mass is 10.1. The minimum atomic E-state index is -0.209. The molecule has 21 heavy (non-hydrogen) atoms. The van der Waals surface area contributed by atoms with Crippen LogP contribution in [0.3, 0.4) is 0 Å². The molecule has 2 rings (SSSR count). The summed E-state index contributed by atoms with van der Waals surface area (Å²) in [5, 5.41) is 3.39. The Morgan fingerprint density at radius 2 is 1.81 bits per heavy atom. The molecule has 0 aliphatic carbocycles. The van der Waals surface area contributed by atoms with E-state index in [0.29, 0.717) is 23.9 Å². The molecule has 0 saturated heterocycles. The summed E-state index contributed by atoms with van der Waals surface area (Å²) in [4.78, 5) is 0. The van der Waals surface area contributed by atoms with Gasteiger partial charge < -0.3 is 10.1 Å². The van der Waals surface area contributed by atoms with E-state index in [2.05, 4.69) is 19.2 Å². The van der Waals surface area contributed by atoms with Crippen LogP contribution in [0, 0.1) is 12.7 Å². The molecule has 1 atom stereocenters. The van der Waals surface area contributed by atoms with Gasteiger partial charge in [-0.3, -0.25) is 0 Å². The van der Waals surface area contributed by atoms with Gasteiger partial charge in [0.2, 0.25) is 0 Å². The van der Waals surface area contributed by atoms with Crippen molar-refractivity contribution in [2.45, 2.75) is 32.9 Å². The van der Waals surface area contributed by atoms with Gasteiger partial charge in [0.15, 0.2) is 0 Å². The van der Waals surface area contributed by atoms with Gasteiger partial charge in [-0.1, -0.05) is 44.2 Å². The fraction of sp³-hybridized carbons (Fsp3) is 0.333. The maximum Gasteiger partial charge on any atom is 0.136 e. The Kier molecular flexibility index (Phi) is 5.34. The average Bonchev–Trinajstić information content (AvgIpc) is 2.48. The van der Waals surface area contributed by atoms with Crippen LogP contribution >= 0.6 is 0 Å². The molecular formula is C18H22FNO. The SMILES string of the molecule is Cc1cc(OC(CNC(C)C)c2ccccc2)ccc1F. The summed E-state index contributed by atoms with van der Waals surface area (Å²) >= 11 is 0. The maximum absolute atomic E-state index is 13.3. The van der Waals surface area contributed by atoms with Crippen molar-refractivity contribution >= 4 is 0 Å². The first-order valence-corrected chi connectivity index (χ1v) is 7.27. The molecule has 3 heteroatoms. The van der Waals surface area contributed by atoms with Crippen molar-refractivity contribution in [3.63, 3.8) is 0 Å². The van der Waals surface area contributed by atoms with Gasteiger partial charge in [0.1, 0.15) is 17.7 Å². The molecule has 2 nitrogen and oxygen atoms in total. The highest BCUT2D eigenvalue weighted by molar-refractivity contribution is 5.30. The maximum atomic E-state index is 13.3. The molecular weight excluding hydrogens is 265 g/mol. The van der Waals surface area contributed by atoms with Crippen molar-refractivity contribution in [3.8, 4) is 5.75 Å². The second-order valence-corrected chi connectivity index (χ2v) is 5.49. The zero-order valence-electron chi connectivity index (χ0n) is 12.8. The molecule has 0 fully saturated rings. The quantitative estimate of drug-likeness (QED) is 0.857. The molecule has 2 aromatic rings. The molecule has 2 aromatic carbocycles. The number of nitrogens with one attached hydrogen (secondary N) is 1. The highest BCUT2D eigenvalue weighted by Crippen LogP contribution is 2.23. The lowest BCUT2D eigenvalue weighted by Crippen LogP contribution is -2.30. The lowest BCUT2D eigenvalue weighted by molar-refractivity contribution is 0.198. The van der Waals surface area contributed by atoms with Crippen molar-refractivity contribution in [2.24, 2.45) is 0 Å². The Morgan fingerprint density at radius 1 is 1.10 bits per heavy atom. The average molecular weight is 287 g/mol. The summed E-state index contributed by atoms with van der Waals surface area (Å²) in [5.74, 6) is 0.479. The highest BCUT2D eigenvalue weighted by atomic mass is 19.1. The number of rotatable bonds is 6. The number of hydrogen-bond donors (Lipinski definition) is 1. The molecule has 0 radical (unpaired) electrons. The predicted octanol–water partition coefficient (Wildman–Crippen LogP) is 4.25. The zero-order valence-corrected chi connectivity index (χ0v) is 12.8. The number of benzene rings is 2. The summed E-state index contributed by atoms with van der Waals surface area (Å²) in [6.45, 7) is 6.65. The third-order valence-electron chi connectivity index (χ3n) is 3.29. The summed E-state index contributed by atoms with van der Waals surface area (Å²) in [7, 11) is 0. The molecule has 0 heterocycles. The van der Waals surface area contributed by atoms with E-state index in [4.69, 9.17) is 4.74 Å². The summed E-state index contributed by atoms with van der Waals surface area (Å²) in [6, 6.07) is 15.3. The highest BCUT2D eigenvalue weighted by Gasteiger charge is 2.14. The van der Waals surface area contributed by atoms with E-state index in [1.165, 1.54) is 6.07 Å². The predicted molar refractivity (Wildman–Crippen MR) is 84.1 cm³/mol. The van der Waals surface area contributed by atoms with Crippen molar-refractivity contribution in [2.75, 3.05) is 6.54 Å². The van der Waals surface area contributed by atoms with E-state index < -0.39 is 0 Å². The Bertz CT molecular complexity index is 569. The first-order chi connectivity index (χ1) is 10.1. The third-order valence-corrected chi connectivity index (χ3v) is 3.29. The van der Waals surface area contributed by atoms with Crippen molar-refractivity contribution < 1.29 is 9.13 Å². The minimum absolute atomic E-state index is 0.0986. The Labute approximate surface area is 126 Å². The van der Waals surface area contributed by atoms with Gasteiger partial charge in [-0.05, 0) is 36.2 Å². The smallest absolute Gasteiger partial charge is 0.136 e. The zero-order chi connectivity index (χ0) is 15.2. The standard InChI is InChI=1S/C18H22FNO/c1-13(2)20-12-18(15-7-5-4-6-8-15)21-16-9-10-17(19)14(3)11-16/h4-11,13,18,20H,12H2,1-3H3. The molecule has 0 saturated carbocycles. The van der Waals surface area contributed by atoms with E-state index in [1.54, 1.807) is 19.1 Å². The van der Waals surface area contributed by atoms with Crippen molar-refractivity contribution in [3.05, 3.63) is 65.5 Å². The molecule has 0 aliphatic heterocycles. The van der Waals surface area contributed by atoms with E-state index in [0.717, 1.165) is 5.56 Å². The lowest BCUT2D eigenvalue weighted by Gasteiger charge is -2.22. The third kappa shape index (κ3) is 4.57. The van der Waals surface area contributed by atoms with Crippen LogP contribution < -0.4 is 10.1 Å². The minimum Gasteiger partial charge on any atom is -0.484 e. The summed E-state index contributed by atoms with van der Waals surface area (Å²) in [5.41, 5.74) is 1.70. The monoisotopic (exact) mass is 287 g/mol. The molecule has 112 valence electrons. The fourth-order valence-electron chi connectivity index (χ4n) is 2.09. The van der Waals surface area contributed by atoms with Crippen LogP contribution in [0.5, 0.6) is 5.75 Å². The van der Waals surface area contributed by atoms with Gasteiger partial charge in [0, 0.05) is 12.6 Å². The van der Waals surface area contributed by atoms with Crippen molar-refractivity contribution in [1.29, 1.82) is 0 Å². The Hall–Kier alpha value is -1.87. The van der Waals surface area contributed by atoms with Gasteiger partial charge in [0.25, 0.3) is 0 Å². The van der Waals surface area contributed by atoms with Gasteiger partial charge >= 0.3 is 0 Å². The van der Waals surface area contributed by atoms with Crippen LogP contribution in [0.1, 0.15) is 31.1 Å². The molecule has 0 aliphatic rings. The Morgan fingerprint density at radius 3 is 2.43 bits per heavy atom. The van der Waals surface area contributed by atoms with E-state index in [-0.39, 0.29) is 11.9 Å². The largest absolute Gasteiger partial charge is 0.484 e. The van der Waals surface area contributed by atoms with Gasteiger partial charge in [-0.25, -0.2) is 4.39 Å². The molecule has 0 aromatic heterocycles. The van der Waals surface area contributed by atoms with Gasteiger partial charge in [-0.2, -0.15) is 0 Å². The molecule has 0 bridgehead atoms. The molecule has 0 spiro atoms. The number of ether oxygens (including phenoxy) is 1. The second kappa shape index (κ2) is 7.23. The number of halogens is 1. The van der Waals surface area contributed by atoms with E-state index in [1.807, 2.05) is 30.3 Å². The van der Waals surface area contributed by atoms with E-state index >= 15 is 0 Å². The van der Waals surface area contributed by atoms with Gasteiger partial charge in [0.05, 0.1) is 0 Å². The van der Waals surface area contributed by atoms with Crippen LogP contribution in [-0.2, 0) is 0 Å². The van der Waals surface area contributed by atoms with Crippen LogP contribution in [0.2, 0.25) is 0 Å². The number of aryl methyl sites for hydroxylation is 1. The first-order valence-electron chi connectivity index (χ1n) is 7.27. The molecule has 1 N–H and O–H groups in total. The van der Waals surface area contributed by atoms with Crippen molar-refractivity contribution in [1.82, 2.24) is 5.32 Å². The van der Waals surface area contributed by atoms with Crippen LogP contribution in [-0.4, -0.2) is 12.6 Å². The van der Waals surface area contributed by atoms with E-state index in [9.17, 15) is 4.39 Å². The van der Waals surface area contributed by atoms with Crippen LogP contribution in [0.4, 0.5) is 4.39 Å². The number of hydrogen-bond acceptors (Lipinski definition) is 2. The van der Waals surface area contributed by atoms with Crippen LogP contribution in [0.25, 0.3) is 0 Å². The normalized spacial score (nSPS) is 12.4. The Balaban J connectivity index is 2.17.